The number of rotatable bonds is 7. The van der Waals surface area contributed by atoms with E-state index in [-0.39, 0.29) is 24.2 Å². The minimum absolute atomic E-state index is 0.112. The van der Waals surface area contributed by atoms with Gasteiger partial charge in [-0.15, -0.1) is 0 Å². The Labute approximate surface area is 142 Å². The van der Waals surface area contributed by atoms with Crippen LogP contribution >= 0.6 is 0 Å². The van der Waals surface area contributed by atoms with Gasteiger partial charge in [-0.1, -0.05) is 32.4 Å². The Morgan fingerprint density at radius 3 is 2.75 bits per heavy atom. The van der Waals surface area contributed by atoms with Crippen molar-refractivity contribution in [2.75, 3.05) is 32.8 Å². The molecular weight excluding hydrogens is 311 g/mol. The molecule has 1 heterocycles. The Hall–Kier alpha value is -1.50. The maximum atomic E-state index is 13.6. The van der Waals surface area contributed by atoms with Crippen molar-refractivity contribution in [3.8, 4) is 0 Å². The highest BCUT2D eigenvalue weighted by Crippen LogP contribution is 2.23. The molecule has 0 aromatic heterocycles. The summed E-state index contributed by atoms with van der Waals surface area (Å²) < 4.78 is 19.0. The third-order valence-corrected chi connectivity index (χ3v) is 4.61. The fourth-order valence-electron chi connectivity index (χ4n) is 2.82. The van der Waals surface area contributed by atoms with Crippen molar-refractivity contribution in [1.82, 2.24) is 10.2 Å². The smallest absolute Gasteiger partial charge is 0.242 e. The zero-order valence-corrected chi connectivity index (χ0v) is 14.4. The average Bonchev–Trinajstić information content (AvgIpc) is 2.60. The van der Waals surface area contributed by atoms with Crippen LogP contribution in [0, 0.1) is 11.7 Å². The highest BCUT2D eigenvalue weighted by molar-refractivity contribution is 5.83. The van der Waals surface area contributed by atoms with E-state index in [0.29, 0.717) is 31.9 Å². The number of benzene rings is 1. The first kappa shape index (κ1) is 18.8. The van der Waals surface area contributed by atoms with Crippen molar-refractivity contribution in [2.24, 2.45) is 5.92 Å². The number of hydrogen-bond donors (Lipinski definition) is 2. The molecule has 1 fully saturated rings. The van der Waals surface area contributed by atoms with Gasteiger partial charge in [-0.2, -0.15) is 0 Å². The molecule has 0 saturated carbocycles. The topological polar surface area (TPSA) is 61.8 Å². The Balaban J connectivity index is 2.11. The summed E-state index contributed by atoms with van der Waals surface area (Å²) >= 11 is 0. The predicted molar refractivity (Wildman–Crippen MR) is 90.0 cm³/mol. The molecule has 3 unspecified atom stereocenters. The molecule has 5 nitrogen and oxygen atoms in total. The van der Waals surface area contributed by atoms with Gasteiger partial charge < -0.3 is 15.2 Å². The van der Waals surface area contributed by atoms with Gasteiger partial charge in [0.05, 0.1) is 19.3 Å². The van der Waals surface area contributed by atoms with E-state index < -0.39 is 12.1 Å². The lowest BCUT2D eigenvalue weighted by Crippen LogP contribution is -2.47. The third kappa shape index (κ3) is 5.00. The molecule has 1 saturated heterocycles. The SMILES string of the molecule is CCC(C)C(O)CNC(=O)C(c1cccc(F)c1)N1CCOCC1. The third-order valence-electron chi connectivity index (χ3n) is 4.61. The number of halogens is 1. The van der Waals surface area contributed by atoms with Crippen molar-refractivity contribution in [1.29, 1.82) is 0 Å². The van der Waals surface area contributed by atoms with Crippen LogP contribution in [0.4, 0.5) is 4.39 Å². The van der Waals surface area contributed by atoms with E-state index in [1.54, 1.807) is 12.1 Å². The number of aliphatic hydroxyl groups excluding tert-OH is 1. The van der Waals surface area contributed by atoms with Gasteiger partial charge in [-0.25, -0.2) is 4.39 Å². The lowest BCUT2D eigenvalue weighted by Gasteiger charge is -2.34. The Bertz CT molecular complexity index is 535. The van der Waals surface area contributed by atoms with Crippen LogP contribution in [0.5, 0.6) is 0 Å². The lowest BCUT2D eigenvalue weighted by molar-refractivity contribution is -0.129. The van der Waals surface area contributed by atoms with Gasteiger partial charge in [-0.05, 0) is 23.6 Å². The first-order valence-corrected chi connectivity index (χ1v) is 8.56. The minimum atomic E-state index is -0.586. The summed E-state index contributed by atoms with van der Waals surface area (Å²) in [6.45, 7) is 6.47. The molecular formula is C18H27FN2O3. The standard InChI is InChI=1S/C18H27FN2O3/c1-3-13(2)16(22)12-20-18(23)17(21-7-9-24-10-8-21)14-5-4-6-15(19)11-14/h4-6,11,13,16-17,22H,3,7-10,12H2,1-2H3,(H,20,23). The highest BCUT2D eigenvalue weighted by atomic mass is 19.1. The second-order valence-electron chi connectivity index (χ2n) is 6.30. The normalized spacial score (nSPS) is 19.5. The van der Waals surface area contributed by atoms with Gasteiger partial charge in [0.25, 0.3) is 0 Å². The number of hydrogen-bond acceptors (Lipinski definition) is 4. The van der Waals surface area contributed by atoms with Crippen LogP contribution in [-0.4, -0.2) is 54.9 Å². The molecule has 1 amide bonds. The number of carbonyl (C=O) groups excluding carboxylic acids is 1. The van der Waals surface area contributed by atoms with E-state index in [1.807, 2.05) is 18.7 Å². The number of morpholine rings is 1. The van der Waals surface area contributed by atoms with Crippen LogP contribution in [0.25, 0.3) is 0 Å². The molecule has 0 spiro atoms. The summed E-state index contributed by atoms with van der Waals surface area (Å²) in [5, 5.41) is 12.9. The van der Waals surface area contributed by atoms with Gasteiger partial charge in [-0.3, -0.25) is 9.69 Å². The van der Waals surface area contributed by atoms with Crippen LogP contribution in [0.2, 0.25) is 0 Å². The van der Waals surface area contributed by atoms with Gasteiger partial charge in [0.2, 0.25) is 5.91 Å². The average molecular weight is 338 g/mol. The van der Waals surface area contributed by atoms with Crippen LogP contribution < -0.4 is 5.32 Å². The van der Waals surface area contributed by atoms with E-state index in [0.717, 1.165) is 6.42 Å². The molecule has 2 N–H and O–H groups in total. The van der Waals surface area contributed by atoms with Gasteiger partial charge in [0, 0.05) is 19.6 Å². The fraction of sp³-hybridized carbons (Fsp3) is 0.611. The monoisotopic (exact) mass is 338 g/mol. The van der Waals surface area contributed by atoms with E-state index in [9.17, 15) is 14.3 Å². The molecule has 0 bridgehead atoms. The maximum absolute atomic E-state index is 13.6. The van der Waals surface area contributed by atoms with Gasteiger partial charge >= 0.3 is 0 Å². The van der Waals surface area contributed by atoms with E-state index in [4.69, 9.17) is 4.74 Å². The molecule has 6 heteroatoms. The Morgan fingerprint density at radius 2 is 2.12 bits per heavy atom. The van der Waals surface area contributed by atoms with Gasteiger partial charge in [0.1, 0.15) is 11.9 Å². The van der Waals surface area contributed by atoms with Crippen LogP contribution in [-0.2, 0) is 9.53 Å². The number of nitrogens with one attached hydrogen (secondary N) is 1. The molecule has 1 aromatic carbocycles. The Kier molecular flexibility index (Phi) is 7.15. The van der Waals surface area contributed by atoms with E-state index >= 15 is 0 Å². The predicted octanol–water partition coefficient (Wildman–Crippen LogP) is 1.72. The molecule has 0 aliphatic carbocycles. The molecule has 3 atom stereocenters. The molecule has 1 aliphatic heterocycles. The minimum Gasteiger partial charge on any atom is -0.391 e. The number of aliphatic hydroxyl groups is 1. The van der Waals surface area contributed by atoms with E-state index in [1.165, 1.54) is 12.1 Å². The highest BCUT2D eigenvalue weighted by Gasteiger charge is 2.29. The van der Waals surface area contributed by atoms with Crippen LogP contribution in [0.1, 0.15) is 31.9 Å². The second-order valence-corrected chi connectivity index (χ2v) is 6.30. The van der Waals surface area contributed by atoms with Crippen LogP contribution in [0.15, 0.2) is 24.3 Å². The number of nitrogens with zero attached hydrogens (tertiary/aromatic N) is 1. The van der Waals surface area contributed by atoms with Crippen LogP contribution in [0.3, 0.4) is 0 Å². The Morgan fingerprint density at radius 1 is 1.42 bits per heavy atom. The molecule has 2 rings (SSSR count). The van der Waals surface area contributed by atoms with Gasteiger partial charge in [0.15, 0.2) is 0 Å². The van der Waals surface area contributed by atoms with Crippen molar-refractivity contribution in [2.45, 2.75) is 32.4 Å². The summed E-state index contributed by atoms with van der Waals surface area (Å²) in [6.07, 6.45) is 0.255. The number of amides is 1. The molecule has 134 valence electrons. The fourth-order valence-corrected chi connectivity index (χ4v) is 2.82. The molecule has 0 radical (unpaired) electrons. The summed E-state index contributed by atoms with van der Waals surface area (Å²) in [5.41, 5.74) is 0.618. The summed E-state index contributed by atoms with van der Waals surface area (Å²) in [5.74, 6) is -0.468. The second kappa shape index (κ2) is 9.11. The molecule has 1 aromatic rings. The molecule has 1 aliphatic rings. The zero-order chi connectivity index (χ0) is 17.5. The quantitative estimate of drug-likeness (QED) is 0.795. The zero-order valence-electron chi connectivity index (χ0n) is 14.4. The largest absolute Gasteiger partial charge is 0.391 e. The van der Waals surface area contributed by atoms with Crippen molar-refractivity contribution >= 4 is 5.91 Å². The first-order chi connectivity index (χ1) is 11.5. The first-order valence-electron chi connectivity index (χ1n) is 8.56. The van der Waals surface area contributed by atoms with Crippen molar-refractivity contribution in [3.05, 3.63) is 35.6 Å². The summed E-state index contributed by atoms with van der Waals surface area (Å²) in [4.78, 5) is 14.7. The summed E-state index contributed by atoms with van der Waals surface area (Å²) in [7, 11) is 0. The lowest BCUT2D eigenvalue weighted by atomic mass is 10.0. The van der Waals surface area contributed by atoms with Crippen molar-refractivity contribution in [3.63, 3.8) is 0 Å². The number of ether oxygens (including phenoxy) is 1. The van der Waals surface area contributed by atoms with Crippen molar-refractivity contribution < 1.29 is 19.0 Å². The summed E-state index contributed by atoms with van der Waals surface area (Å²) in [6, 6.07) is 5.55. The number of carbonyl (C=O) groups is 1. The maximum Gasteiger partial charge on any atom is 0.242 e. The van der Waals surface area contributed by atoms with E-state index in [2.05, 4.69) is 5.32 Å². The molecule has 24 heavy (non-hydrogen) atoms.